The summed E-state index contributed by atoms with van der Waals surface area (Å²) in [4.78, 5) is 4.44. The molecule has 0 saturated carbocycles. The van der Waals surface area contributed by atoms with Gasteiger partial charge in [-0.1, -0.05) is 23.8 Å². The molecule has 0 aliphatic rings. The maximum absolute atomic E-state index is 9.09. The van der Waals surface area contributed by atoms with E-state index in [1.54, 1.807) is 0 Å². The zero-order valence-electron chi connectivity index (χ0n) is 10.1. The average Bonchev–Trinajstić information content (AvgIpc) is 2.82. The molecule has 0 aliphatic carbocycles. The molecule has 3 rings (SSSR count). The topological polar surface area (TPSA) is 46.3 Å². The molecule has 90 valence electrons. The number of nitrogens with zero attached hydrogens (tertiary/aromatic N) is 1. The minimum atomic E-state index is 0.0104. The van der Waals surface area contributed by atoms with Crippen LogP contribution >= 0.6 is 0 Å². The predicted octanol–water partition coefficient (Wildman–Crippen LogP) is 3.30. The summed E-state index contributed by atoms with van der Waals surface area (Å²) < 4.78 is 5.71. The number of fused-ring (bicyclic) bond motifs is 1. The summed E-state index contributed by atoms with van der Waals surface area (Å²) in [6, 6.07) is 13.6. The predicted molar refractivity (Wildman–Crippen MR) is 70.1 cm³/mol. The van der Waals surface area contributed by atoms with Crippen molar-refractivity contribution in [2.45, 2.75) is 13.5 Å². The third-order valence-electron chi connectivity index (χ3n) is 2.93. The summed E-state index contributed by atoms with van der Waals surface area (Å²) in [6.07, 6.45) is 0. The number of benzene rings is 2. The standard InChI is InChI=1S/C15H13NO2/c1-10-2-5-12(6-3-10)15-16-13-7-4-11(9-17)8-14(13)18-15/h2-8,17H,9H2,1H3. The number of hydrogen-bond acceptors (Lipinski definition) is 3. The average molecular weight is 239 g/mol. The highest BCUT2D eigenvalue weighted by Gasteiger charge is 2.08. The molecule has 0 saturated heterocycles. The lowest BCUT2D eigenvalue weighted by molar-refractivity contribution is 0.282. The summed E-state index contributed by atoms with van der Waals surface area (Å²) in [5, 5.41) is 9.09. The molecule has 0 aliphatic heterocycles. The molecule has 3 nitrogen and oxygen atoms in total. The van der Waals surface area contributed by atoms with Gasteiger partial charge in [-0.3, -0.25) is 0 Å². The Balaban J connectivity index is 2.10. The molecule has 0 unspecified atom stereocenters. The van der Waals surface area contributed by atoms with Crippen LogP contribution in [0.15, 0.2) is 46.9 Å². The molecular weight excluding hydrogens is 226 g/mol. The lowest BCUT2D eigenvalue weighted by Gasteiger charge is -1.95. The Morgan fingerprint density at radius 2 is 1.89 bits per heavy atom. The van der Waals surface area contributed by atoms with E-state index in [4.69, 9.17) is 9.52 Å². The molecule has 1 aromatic heterocycles. The molecule has 1 heterocycles. The number of aliphatic hydroxyl groups is 1. The monoisotopic (exact) mass is 239 g/mol. The summed E-state index contributed by atoms with van der Waals surface area (Å²) in [6.45, 7) is 2.06. The third-order valence-corrected chi connectivity index (χ3v) is 2.93. The van der Waals surface area contributed by atoms with Crippen LogP contribution in [-0.4, -0.2) is 10.1 Å². The second-order valence-corrected chi connectivity index (χ2v) is 4.35. The van der Waals surface area contributed by atoms with Gasteiger partial charge >= 0.3 is 0 Å². The van der Waals surface area contributed by atoms with E-state index in [0.717, 1.165) is 16.6 Å². The maximum atomic E-state index is 9.09. The minimum Gasteiger partial charge on any atom is -0.436 e. The first-order valence-corrected chi connectivity index (χ1v) is 5.83. The fraction of sp³-hybridized carbons (Fsp3) is 0.133. The van der Waals surface area contributed by atoms with Crippen molar-refractivity contribution in [1.29, 1.82) is 0 Å². The van der Waals surface area contributed by atoms with Crippen molar-refractivity contribution in [3.63, 3.8) is 0 Å². The van der Waals surface area contributed by atoms with Gasteiger partial charge in [-0.05, 0) is 36.8 Å². The van der Waals surface area contributed by atoms with Gasteiger partial charge in [-0.2, -0.15) is 0 Å². The Hall–Kier alpha value is -2.13. The summed E-state index contributed by atoms with van der Waals surface area (Å²) in [7, 11) is 0. The van der Waals surface area contributed by atoms with E-state index >= 15 is 0 Å². The fourth-order valence-corrected chi connectivity index (χ4v) is 1.89. The van der Waals surface area contributed by atoms with Crippen LogP contribution in [0.25, 0.3) is 22.6 Å². The highest BCUT2D eigenvalue weighted by Crippen LogP contribution is 2.25. The molecule has 3 heteroatoms. The van der Waals surface area contributed by atoms with E-state index < -0.39 is 0 Å². The Kier molecular flexibility index (Phi) is 2.61. The van der Waals surface area contributed by atoms with Gasteiger partial charge in [0.2, 0.25) is 5.89 Å². The number of oxazole rings is 1. The highest BCUT2D eigenvalue weighted by atomic mass is 16.3. The Morgan fingerprint density at radius 3 is 2.61 bits per heavy atom. The summed E-state index contributed by atoms with van der Waals surface area (Å²) in [5.74, 6) is 0.611. The van der Waals surface area contributed by atoms with Crippen molar-refractivity contribution in [2.75, 3.05) is 0 Å². The molecule has 0 atom stereocenters. The quantitative estimate of drug-likeness (QED) is 0.746. The van der Waals surface area contributed by atoms with Crippen LogP contribution in [0.4, 0.5) is 0 Å². The van der Waals surface area contributed by atoms with Gasteiger partial charge in [-0.15, -0.1) is 0 Å². The lowest BCUT2D eigenvalue weighted by Crippen LogP contribution is -1.80. The molecule has 0 spiro atoms. The molecule has 0 bridgehead atoms. The largest absolute Gasteiger partial charge is 0.436 e. The third kappa shape index (κ3) is 1.89. The van der Waals surface area contributed by atoms with Gasteiger partial charge in [-0.25, -0.2) is 4.98 Å². The first kappa shape index (κ1) is 11.0. The number of rotatable bonds is 2. The first-order valence-electron chi connectivity index (χ1n) is 5.83. The minimum absolute atomic E-state index is 0.0104. The van der Waals surface area contributed by atoms with Crippen molar-refractivity contribution in [3.8, 4) is 11.5 Å². The summed E-state index contributed by atoms with van der Waals surface area (Å²) in [5.41, 5.74) is 4.51. The van der Waals surface area contributed by atoms with Gasteiger partial charge in [0.1, 0.15) is 5.52 Å². The van der Waals surface area contributed by atoms with Gasteiger partial charge in [0.05, 0.1) is 6.61 Å². The zero-order valence-corrected chi connectivity index (χ0v) is 10.1. The van der Waals surface area contributed by atoms with E-state index in [-0.39, 0.29) is 6.61 Å². The molecular formula is C15H13NO2. The molecule has 3 aromatic rings. The maximum Gasteiger partial charge on any atom is 0.227 e. The van der Waals surface area contributed by atoms with E-state index in [2.05, 4.69) is 4.98 Å². The Bertz CT molecular complexity index is 683. The molecule has 2 aromatic carbocycles. The van der Waals surface area contributed by atoms with Gasteiger partial charge in [0, 0.05) is 5.56 Å². The van der Waals surface area contributed by atoms with E-state index in [1.807, 2.05) is 49.4 Å². The molecule has 0 amide bonds. The van der Waals surface area contributed by atoms with Crippen LogP contribution in [0.2, 0.25) is 0 Å². The van der Waals surface area contributed by atoms with Crippen molar-refractivity contribution in [2.24, 2.45) is 0 Å². The lowest BCUT2D eigenvalue weighted by atomic mass is 10.1. The molecule has 18 heavy (non-hydrogen) atoms. The van der Waals surface area contributed by atoms with E-state index in [9.17, 15) is 0 Å². The number of hydrogen-bond donors (Lipinski definition) is 1. The van der Waals surface area contributed by atoms with Crippen LogP contribution in [0.5, 0.6) is 0 Å². The fourth-order valence-electron chi connectivity index (χ4n) is 1.89. The van der Waals surface area contributed by atoms with Crippen molar-refractivity contribution in [3.05, 3.63) is 53.6 Å². The normalized spacial score (nSPS) is 11.0. The van der Waals surface area contributed by atoms with Crippen molar-refractivity contribution < 1.29 is 9.52 Å². The van der Waals surface area contributed by atoms with Crippen molar-refractivity contribution in [1.82, 2.24) is 4.98 Å². The first-order chi connectivity index (χ1) is 8.76. The number of aliphatic hydroxyl groups excluding tert-OH is 1. The van der Waals surface area contributed by atoms with Crippen LogP contribution in [0, 0.1) is 6.92 Å². The SMILES string of the molecule is Cc1ccc(-c2nc3ccc(CO)cc3o2)cc1. The number of aryl methyl sites for hydroxylation is 1. The van der Waals surface area contributed by atoms with Gasteiger partial charge < -0.3 is 9.52 Å². The van der Waals surface area contributed by atoms with Crippen LogP contribution in [-0.2, 0) is 6.61 Å². The van der Waals surface area contributed by atoms with Crippen LogP contribution in [0.3, 0.4) is 0 Å². The Labute approximate surface area is 105 Å². The highest BCUT2D eigenvalue weighted by molar-refractivity contribution is 5.76. The van der Waals surface area contributed by atoms with E-state index in [0.29, 0.717) is 11.5 Å². The summed E-state index contributed by atoms with van der Waals surface area (Å²) >= 11 is 0. The zero-order chi connectivity index (χ0) is 12.5. The van der Waals surface area contributed by atoms with Crippen molar-refractivity contribution >= 4 is 11.1 Å². The van der Waals surface area contributed by atoms with Crippen LogP contribution in [0.1, 0.15) is 11.1 Å². The number of aromatic nitrogens is 1. The molecule has 1 N–H and O–H groups in total. The second-order valence-electron chi connectivity index (χ2n) is 4.35. The van der Waals surface area contributed by atoms with E-state index in [1.165, 1.54) is 5.56 Å². The Morgan fingerprint density at radius 1 is 1.11 bits per heavy atom. The van der Waals surface area contributed by atoms with Gasteiger partial charge in [0.25, 0.3) is 0 Å². The smallest absolute Gasteiger partial charge is 0.227 e. The van der Waals surface area contributed by atoms with Gasteiger partial charge in [0.15, 0.2) is 5.58 Å². The molecule has 0 radical (unpaired) electrons. The second kappa shape index (κ2) is 4.27. The van der Waals surface area contributed by atoms with Crippen LogP contribution < -0.4 is 0 Å². The molecule has 0 fully saturated rings.